The van der Waals surface area contributed by atoms with E-state index in [0.717, 1.165) is 22.9 Å². The summed E-state index contributed by atoms with van der Waals surface area (Å²) in [6.45, 7) is 2.08. The highest BCUT2D eigenvalue weighted by molar-refractivity contribution is 6.36. The van der Waals surface area contributed by atoms with Crippen molar-refractivity contribution in [2.45, 2.75) is 13.3 Å². The van der Waals surface area contributed by atoms with Gasteiger partial charge in [-0.3, -0.25) is 4.98 Å². The number of hydrogen-bond donors (Lipinski definition) is 0. The van der Waals surface area contributed by atoms with Crippen molar-refractivity contribution in [3.8, 4) is 0 Å². The predicted octanol–water partition coefficient (Wildman–Crippen LogP) is 4.96. The lowest BCUT2D eigenvalue weighted by atomic mass is 10.1. The summed E-state index contributed by atoms with van der Waals surface area (Å²) in [5.74, 6) is 0. The molecule has 0 bridgehead atoms. The Bertz CT molecular complexity index is 547. The van der Waals surface area contributed by atoms with Gasteiger partial charge in [-0.05, 0) is 30.2 Å². The lowest BCUT2D eigenvalue weighted by Crippen LogP contribution is -1.83. The first-order valence-corrected chi connectivity index (χ1v) is 5.88. The molecular weight excluding hydrogens is 241 g/mol. The monoisotopic (exact) mass is 251 g/mol. The molecule has 1 heterocycles. The van der Waals surface area contributed by atoms with Gasteiger partial charge in [-0.2, -0.15) is 0 Å². The largest absolute Gasteiger partial charge is 0.256 e. The van der Waals surface area contributed by atoms with Crippen LogP contribution in [0.25, 0.3) is 17.0 Å². The first kappa shape index (κ1) is 11.4. The lowest BCUT2D eigenvalue weighted by Gasteiger charge is -2.03. The minimum Gasteiger partial charge on any atom is -0.256 e. The summed E-state index contributed by atoms with van der Waals surface area (Å²) in [5, 5.41) is 2.34. The van der Waals surface area contributed by atoms with Crippen LogP contribution in [-0.2, 0) is 0 Å². The maximum atomic E-state index is 6.16. The van der Waals surface area contributed by atoms with Crippen molar-refractivity contribution in [1.82, 2.24) is 4.98 Å². The summed E-state index contributed by atoms with van der Waals surface area (Å²) >= 11 is 12.3. The Morgan fingerprint density at radius 2 is 2.06 bits per heavy atom. The molecule has 0 saturated carbocycles. The smallest absolute Gasteiger partial charge is 0.0732 e. The molecule has 2 aromatic rings. The number of rotatable bonds is 2. The highest BCUT2D eigenvalue weighted by atomic mass is 35.5. The molecule has 0 spiro atoms. The number of pyridine rings is 1. The third-order valence-corrected chi connectivity index (χ3v) is 3.00. The van der Waals surface area contributed by atoms with Gasteiger partial charge in [0.1, 0.15) is 0 Å². The van der Waals surface area contributed by atoms with Crippen LogP contribution in [0.15, 0.2) is 30.5 Å². The van der Waals surface area contributed by atoms with Gasteiger partial charge < -0.3 is 0 Å². The van der Waals surface area contributed by atoms with Crippen LogP contribution in [0, 0.1) is 0 Å². The molecule has 0 aliphatic carbocycles. The van der Waals surface area contributed by atoms with Crippen LogP contribution < -0.4 is 0 Å². The van der Waals surface area contributed by atoms with E-state index in [9.17, 15) is 0 Å². The van der Waals surface area contributed by atoms with Crippen LogP contribution in [0.1, 0.15) is 18.9 Å². The highest BCUT2D eigenvalue weighted by Gasteiger charge is 2.04. The van der Waals surface area contributed by atoms with Gasteiger partial charge in [0.05, 0.1) is 10.5 Å². The van der Waals surface area contributed by atoms with Gasteiger partial charge in [-0.15, -0.1) is 0 Å². The van der Waals surface area contributed by atoms with Gasteiger partial charge in [-0.25, -0.2) is 0 Å². The molecule has 0 fully saturated rings. The average molecular weight is 252 g/mol. The Morgan fingerprint density at radius 1 is 1.25 bits per heavy atom. The molecule has 16 heavy (non-hydrogen) atoms. The highest BCUT2D eigenvalue weighted by Crippen LogP contribution is 2.28. The fourth-order valence-electron chi connectivity index (χ4n) is 1.52. The number of nitrogens with zero attached hydrogens (tertiary/aromatic N) is 1. The minimum absolute atomic E-state index is 0.701. The second-order valence-electron chi connectivity index (χ2n) is 3.49. The van der Waals surface area contributed by atoms with E-state index in [-0.39, 0.29) is 0 Å². The number of aromatic nitrogens is 1. The summed E-state index contributed by atoms with van der Waals surface area (Å²) in [4.78, 5) is 4.23. The van der Waals surface area contributed by atoms with Crippen molar-refractivity contribution in [2.24, 2.45) is 0 Å². The zero-order valence-electron chi connectivity index (χ0n) is 8.87. The molecule has 1 aromatic heterocycles. The molecule has 0 saturated heterocycles. The number of fused-ring (bicyclic) bond motifs is 1. The van der Waals surface area contributed by atoms with Gasteiger partial charge in [-0.1, -0.05) is 42.3 Å². The number of allylic oxidation sites excluding steroid dienone is 1. The predicted molar refractivity (Wildman–Crippen MR) is 71.1 cm³/mol. The van der Waals surface area contributed by atoms with Crippen LogP contribution in [0.2, 0.25) is 10.0 Å². The molecule has 0 amide bonds. The summed E-state index contributed by atoms with van der Waals surface area (Å²) in [6.07, 6.45) is 6.74. The molecule has 0 N–H and O–H groups in total. The van der Waals surface area contributed by atoms with E-state index >= 15 is 0 Å². The van der Waals surface area contributed by atoms with Crippen LogP contribution in [0.5, 0.6) is 0 Å². The van der Waals surface area contributed by atoms with Gasteiger partial charge in [0.2, 0.25) is 0 Å². The second-order valence-corrected chi connectivity index (χ2v) is 4.31. The molecule has 82 valence electrons. The van der Waals surface area contributed by atoms with Gasteiger partial charge in [0.15, 0.2) is 0 Å². The van der Waals surface area contributed by atoms with E-state index < -0.39 is 0 Å². The molecule has 3 heteroatoms. The first-order chi connectivity index (χ1) is 7.72. The second kappa shape index (κ2) is 4.86. The van der Waals surface area contributed by atoms with E-state index in [1.165, 1.54) is 0 Å². The van der Waals surface area contributed by atoms with Crippen LogP contribution >= 0.6 is 23.2 Å². The molecule has 0 unspecified atom stereocenters. The zero-order chi connectivity index (χ0) is 11.5. The van der Waals surface area contributed by atoms with Crippen molar-refractivity contribution in [2.75, 3.05) is 0 Å². The Kier molecular flexibility index (Phi) is 3.47. The van der Waals surface area contributed by atoms with Crippen LogP contribution in [0.4, 0.5) is 0 Å². The zero-order valence-corrected chi connectivity index (χ0v) is 10.4. The summed E-state index contributed by atoms with van der Waals surface area (Å²) in [7, 11) is 0. The summed E-state index contributed by atoms with van der Waals surface area (Å²) in [6, 6.07) is 5.60. The maximum absolute atomic E-state index is 6.16. The fraction of sp³-hybridized carbons (Fsp3) is 0.154. The standard InChI is InChI=1S/C13H11Cl2N/c1-2-3-4-9-7-10-11(14)5-6-16-13(10)8-12(9)15/h3-8H,2H2,1H3/b4-3+. The van der Waals surface area contributed by atoms with Gasteiger partial charge in [0.25, 0.3) is 0 Å². The number of halogens is 2. The van der Waals surface area contributed by atoms with E-state index in [1.807, 2.05) is 18.2 Å². The van der Waals surface area contributed by atoms with Crippen LogP contribution in [-0.4, -0.2) is 4.98 Å². The topological polar surface area (TPSA) is 12.9 Å². The SMILES string of the molecule is CC/C=C/c1cc2c(Cl)ccnc2cc1Cl. The quantitative estimate of drug-likeness (QED) is 0.735. The van der Waals surface area contributed by atoms with E-state index in [1.54, 1.807) is 12.3 Å². The van der Waals surface area contributed by atoms with Gasteiger partial charge >= 0.3 is 0 Å². The molecule has 1 aromatic carbocycles. The summed E-state index contributed by atoms with van der Waals surface area (Å²) < 4.78 is 0. The molecule has 0 atom stereocenters. The normalized spacial score (nSPS) is 11.4. The molecule has 0 aliphatic rings. The van der Waals surface area contributed by atoms with E-state index in [0.29, 0.717) is 10.0 Å². The van der Waals surface area contributed by atoms with Crippen molar-refractivity contribution in [3.05, 3.63) is 46.1 Å². The Morgan fingerprint density at radius 3 is 2.81 bits per heavy atom. The Hall–Kier alpha value is -1.05. The van der Waals surface area contributed by atoms with Crippen molar-refractivity contribution < 1.29 is 0 Å². The minimum atomic E-state index is 0.701. The first-order valence-electron chi connectivity index (χ1n) is 5.12. The molecule has 1 nitrogen and oxygen atoms in total. The molecular formula is C13H11Cl2N. The Labute approximate surface area is 105 Å². The average Bonchev–Trinajstić information content (AvgIpc) is 2.27. The van der Waals surface area contributed by atoms with E-state index in [2.05, 4.69) is 18.0 Å². The van der Waals surface area contributed by atoms with Crippen molar-refractivity contribution >= 4 is 40.2 Å². The van der Waals surface area contributed by atoms with E-state index in [4.69, 9.17) is 23.2 Å². The summed E-state index contributed by atoms with van der Waals surface area (Å²) in [5.41, 5.74) is 1.80. The van der Waals surface area contributed by atoms with Crippen LogP contribution in [0.3, 0.4) is 0 Å². The molecule has 0 aliphatic heterocycles. The number of hydrogen-bond acceptors (Lipinski definition) is 1. The third-order valence-electron chi connectivity index (χ3n) is 2.34. The van der Waals surface area contributed by atoms with Gasteiger partial charge in [0, 0.05) is 16.6 Å². The maximum Gasteiger partial charge on any atom is 0.0732 e. The van der Waals surface area contributed by atoms with Crippen molar-refractivity contribution in [1.29, 1.82) is 0 Å². The molecule has 0 radical (unpaired) electrons. The Balaban J connectivity index is 2.64. The van der Waals surface area contributed by atoms with Crippen molar-refractivity contribution in [3.63, 3.8) is 0 Å². The fourth-order valence-corrected chi connectivity index (χ4v) is 1.95. The lowest BCUT2D eigenvalue weighted by molar-refractivity contribution is 1.23. The third kappa shape index (κ3) is 2.21. The molecule has 2 rings (SSSR count). The number of benzene rings is 1.